The maximum absolute atomic E-state index is 12.7. The molecule has 0 aliphatic heterocycles. The van der Waals surface area contributed by atoms with E-state index < -0.39 is 0 Å². The van der Waals surface area contributed by atoms with Gasteiger partial charge in [0.15, 0.2) is 5.96 Å². The highest BCUT2D eigenvalue weighted by Crippen LogP contribution is 2.39. The molecule has 1 amide bonds. The van der Waals surface area contributed by atoms with E-state index in [0.717, 1.165) is 62.5 Å². The van der Waals surface area contributed by atoms with Gasteiger partial charge in [0, 0.05) is 33.8 Å². The molecule has 2 rings (SSSR count). The first-order valence-corrected chi connectivity index (χ1v) is 11.0. The molecule has 0 spiro atoms. The monoisotopic (exact) mass is 546 g/mol. The Bertz CT molecular complexity index is 674. The highest BCUT2D eigenvalue weighted by Gasteiger charge is 2.42. The summed E-state index contributed by atoms with van der Waals surface area (Å²) in [4.78, 5) is 19.2. The number of carbonyl (C=O) groups is 1. The van der Waals surface area contributed by atoms with Crippen LogP contribution in [0, 0.1) is 5.41 Å². The molecule has 0 unspecified atom stereocenters. The third-order valence-corrected chi connectivity index (χ3v) is 5.49. The molecule has 176 valence electrons. The molecule has 0 radical (unpaired) electrons. The molecule has 1 aromatic rings. The van der Waals surface area contributed by atoms with Crippen molar-refractivity contribution >= 4 is 35.8 Å². The first-order valence-electron chi connectivity index (χ1n) is 11.0. The van der Waals surface area contributed by atoms with Gasteiger partial charge in [-0.3, -0.25) is 9.79 Å². The van der Waals surface area contributed by atoms with Crippen molar-refractivity contribution in [1.29, 1.82) is 0 Å². The molecule has 2 N–H and O–H groups in total. The van der Waals surface area contributed by atoms with E-state index in [4.69, 9.17) is 14.5 Å². The number of benzene rings is 1. The second kappa shape index (κ2) is 14.5. The molecule has 1 aliphatic carbocycles. The minimum Gasteiger partial charge on any atom is -0.497 e. The highest BCUT2D eigenvalue weighted by molar-refractivity contribution is 14.0. The van der Waals surface area contributed by atoms with Gasteiger partial charge in [-0.15, -0.1) is 24.0 Å². The molecule has 0 heterocycles. The molecule has 0 aromatic heterocycles. The number of methoxy groups -OCH3 is 1. The Morgan fingerprint density at radius 1 is 1.16 bits per heavy atom. The first kappa shape index (κ1) is 27.5. The number of halogens is 1. The van der Waals surface area contributed by atoms with Gasteiger partial charge in [0.2, 0.25) is 5.91 Å². The molecule has 7 nitrogen and oxygen atoms in total. The quantitative estimate of drug-likeness (QED) is 0.193. The van der Waals surface area contributed by atoms with Crippen molar-refractivity contribution in [3.63, 3.8) is 0 Å². The van der Waals surface area contributed by atoms with Crippen LogP contribution in [-0.2, 0) is 16.1 Å². The molecule has 31 heavy (non-hydrogen) atoms. The lowest BCUT2D eigenvalue weighted by Gasteiger charge is -2.29. The van der Waals surface area contributed by atoms with Gasteiger partial charge in [-0.1, -0.05) is 25.0 Å². The Morgan fingerprint density at radius 2 is 1.84 bits per heavy atom. The number of hydrogen-bond donors (Lipinski definition) is 2. The second-order valence-electron chi connectivity index (χ2n) is 8.06. The summed E-state index contributed by atoms with van der Waals surface area (Å²) in [5.41, 5.74) is 0.791. The van der Waals surface area contributed by atoms with Crippen LogP contribution < -0.4 is 15.4 Å². The molecular weight excluding hydrogens is 507 g/mol. The summed E-state index contributed by atoms with van der Waals surface area (Å²) in [7, 11) is 5.33. The Hall–Kier alpha value is -1.55. The van der Waals surface area contributed by atoms with E-state index in [1.54, 1.807) is 12.0 Å². The molecule has 8 heteroatoms. The lowest BCUT2D eigenvalue weighted by Crippen LogP contribution is -2.43. The first-order chi connectivity index (χ1) is 14.5. The molecule has 0 saturated heterocycles. The van der Waals surface area contributed by atoms with Gasteiger partial charge in [0.05, 0.1) is 25.7 Å². The summed E-state index contributed by atoms with van der Waals surface area (Å²) in [6, 6.07) is 7.91. The molecule has 1 saturated carbocycles. The Morgan fingerprint density at radius 3 is 2.42 bits per heavy atom. The van der Waals surface area contributed by atoms with E-state index >= 15 is 0 Å². The topological polar surface area (TPSA) is 75.2 Å². The van der Waals surface area contributed by atoms with Gasteiger partial charge >= 0.3 is 0 Å². The van der Waals surface area contributed by atoms with E-state index in [-0.39, 0.29) is 35.3 Å². The third-order valence-electron chi connectivity index (χ3n) is 5.49. The molecular formula is C23H39IN4O3. The zero-order chi connectivity index (χ0) is 21.8. The number of hydrogen-bond acceptors (Lipinski definition) is 4. The average Bonchev–Trinajstić information content (AvgIpc) is 3.24. The van der Waals surface area contributed by atoms with Crippen LogP contribution in [0.15, 0.2) is 29.3 Å². The van der Waals surface area contributed by atoms with Crippen molar-refractivity contribution in [2.24, 2.45) is 10.4 Å². The summed E-state index contributed by atoms with van der Waals surface area (Å²) in [5.74, 6) is 1.82. The maximum atomic E-state index is 12.7. The van der Waals surface area contributed by atoms with Gasteiger partial charge in [0.1, 0.15) is 5.75 Å². The van der Waals surface area contributed by atoms with E-state index in [2.05, 4.69) is 10.6 Å². The van der Waals surface area contributed by atoms with Crippen LogP contribution in [0.5, 0.6) is 5.75 Å². The summed E-state index contributed by atoms with van der Waals surface area (Å²) < 4.78 is 10.9. The van der Waals surface area contributed by atoms with Gasteiger partial charge in [0.25, 0.3) is 0 Å². The smallest absolute Gasteiger partial charge is 0.230 e. The largest absolute Gasteiger partial charge is 0.497 e. The minimum absolute atomic E-state index is 0. The fraction of sp³-hybridized carbons (Fsp3) is 0.652. The summed E-state index contributed by atoms with van der Waals surface area (Å²) in [6.07, 6.45) is 4.93. The van der Waals surface area contributed by atoms with Gasteiger partial charge in [-0.2, -0.15) is 0 Å². The molecule has 0 atom stereocenters. The van der Waals surface area contributed by atoms with Crippen LogP contribution in [0.3, 0.4) is 0 Å². The Balaban J connectivity index is 0.00000480. The minimum atomic E-state index is -0.340. The lowest BCUT2D eigenvalue weighted by molar-refractivity contribution is -0.138. The van der Waals surface area contributed by atoms with Crippen LogP contribution in [0.25, 0.3) is 0 Å². The number of amides is 1. The van der Waals surface area contributed by atoms with Crippen molar-refractivity contribution in [3.05, 3.63) is 29.8 Å². The number of ether oxygens (including phenoxy) is 2. The van der Waals surface area contributed by atoms with Crippen molar-refractivity contribution in [2.75, 3.05) is 47.4 Å². The van der Waals surface area contributed by atoms with Crippen molar-refractivity contribution in [1.82, 2.24) is 15.5 Å². The maximum Gasteiger partial charge on any atom is 0.230 e. The Kier molecular flexibility index (Phi) is 12.9. The predicted molar refractivity (Wildman–Crippen MR) is 136 cm³/mol. The molecule has 1 fully saturated rings. The number of aliphatic imine (C=N–C) groups is 1. The fourth-order valence-corrected chi connectivity index (χ4v) is 3.83. The highest BCUT2D eigenvalue weighted by atomic mass is 127. The SMILES string of the molecule is CCNC(=NCC1(C(=O)N(C)C)CCCC1)NCCCOCc1ccc(OC)cc1.I. The Labute approximate surface area is 204 Å². The van der Waals surface area contributed by atoms with Crippen molar-refractivity contribution < 1.29 is 14.3 Å². The normalized spacial score (nSPS) is 15.2. The summed E-state index contributed by atoms with van der Waals surface area (Å²) in [6.45, 7) is 5.39. The molecule has 1 aromatic carbocycles. The van der Waals surface area contributed by atoms with Crippen LogP contribution >= 0.6 is 24.0 Å². The summed E-state index contributed by atoms with van der Waals surface area (Å²) in [5, 5.41) is 6.64. The zero-order valence-electron chi connectivity index (χ0n) is 19.4. The predicted octanol–water partition coefficient (Wildman–Crippen LogP) is 3.42. The van der Waals surface area contributed by atoms with Crippen LogP contribution in [0.4, 0.5) is 0 Å². The standard InChI is InChI=1S/C23H38N4O3.HI/c1-5-24-22(26-18-23(13-6-7-14-23)21(28)27(2)3)25-15-8-16-30-17-19-9-11-20(29-4)12-10-19;/h9-12H,5-8,13-18H2,1-4H3,(H2,24,25,26);1H. The second-order valence-corrected chi connectivity index (χ2v) is 8.06. The van der Waals surface area contributed by atoms with Gasteiger partial charge < -0.3 is 25.0 Å². The number of nitrogens with one attached hydrogen (secondary N) is 2. The van der Waals surface area contributed by atoms with Crippen LogP contribution in [0.2, 0.25) is 0 Å². The van der Waals surface area contributed by atoms with E-state index in [0.29, 0.717) is 19.8 Å². The van der Waals surface area contributed by atoms with Gasteiger partial charge in [-0.05, 0) is 43.9 Å². The van der Waals surface area contributed by atoms with Gasteiger partial charge in [-0.25, -0.2) is 0 Å². The third kappa shape index (κ3) is 8.84. The van der Waals surface area contributed by atoms with Crippen LogP contribution in [0.1, 0.15) is 44.6 Å². The summed E-state index contributed by atoms with van der Waals surface area (Å²) >= 11 is 0. The number of guanidine groups is 1. The number of nitrogens with zero attached hydrogens (tertiary/aromatic N) is 2. The lowest BCUT2D eigenvalue weighted by atomic mass is 9.85. The van der Waals surface area contributed by atoms with E-state index in [1.807, 2.05) is 45.3 Å². The average molecular weight is 546 g/mol. The van der Waals surface area contributed by atoms with E-state index in [9.17, 15) is 4.79 Å². The number of rotatable bonds is 11. The fourth-order valence-electron chi connectivity index (χ4n) is 3.83. The van der Waals surface area contributed by atoms with Crippen LogP contribution in [-0.4, -0.2) is 64.2 Å². The van der Waals surface area contributed by atoms with E-state index in [1.165, 1.54) is 0 Å². The molecule has 0 bridgehead atoms. The number of carbonyl (C=O) groups excluding carboxylic acids is 1. The van der Waals surface area contributed by atoms with Crippen molar-refractivity contribution in [2.45, 2.75) is 45.6 Å². The zero-order valence-corrected chi connectivity index (χ0v) is 21.7. The molecule has 1 aliphatic rings. The van der Waals surface area contributed by atoms with Crippen molar-refractivity contribution in [3.8, 4) is 5.75 Å².